The van der Waals surface area contributed by atoms with E-state index in [0.717, 1.165) is 28.4 Å². The van der Waals surface area contributed by atoms with Crippen LogP contribution in [0.4, 0.5) is 0 Å². The lowest BCUT2D eigenvalue weighted by Crippen LogP contribution is -2.39. The van der Waals surface area contributed by atoms with Crippen molar-refractivity contribution in [2.24, 2.45) is 0 Å². The largest absolute Gasteiger partial charge is 0.480 e. The molecule has 114 valence electrons. The van der Waals surface area contributed by atoms with Gasteiger partial charge < -0.3 is 10.4 Å². The number of rotatable bonds is 7. The summed E-state index contributed by atoms with van der Waals surface area (Å²) in [5.74, 6) is -1.40. The molecule has 0 aromatic heterocycles. The molecule has 0 radical (unpaired) electrons. The fraction of sp³-hybridized carbons (Fsp3) is 0.375. The number of unbranched alkanes of at least 4 members (excludes halogenated alkanes) is 1. The first-order valence-corrected chi connectivity index (χ1v) is 7.71. The van der Waals surface area contributed by atoms with Gasteiger partial charge in [0.15, 0.2) is 0 Å². The van der Waals surface area contributed by atoms with Gasteiger partial charge in [0.05, 0.1) is 0 Å². The number of carbonyl (C=O) groups excluding carboxylic acids is 1. The van der Waals surface area contributed by atoms with Gasteiger partial charge >= 0.3 is 5.97 Å². The fourth-order valence-corrected chi connectivity index (χ4v) is 2.44. The van der Waals surface area contributed by atoms with Crippen LogP contribution in [0.2, 0.25) is 0 Å². The van der Waals surface area contributed by atoms with E-state index in [2.05, 4.69) is 21.2 Å². The fourth-order valence-electron chi connectivity index (χ4n) is 1.82. The monoisotopic (exact) mass is 353 g/mol. The molecule has 4 nitrogen and oxygen atoms in total. The van der Waals surface area contributed by atoms with E-state index >= 15 is 0 Å². The Bertz CT molecular complexity index is 540. The van der Waals surface area contributed by atoms with Crippen LogP contribution in [0.3, 0.4) is 0 Å². The number of aliphatic carboxylic acids is 1. The second-order valence-corrected chi connectivity index (χ2v) is 5.75. The Hall–Kier alpha value is -1.62. The van der Waals surface area contributed by atoms with E-state index in [9.17, 15) is 9.59 Å². The van der Waals surface area contributed by atoms with Gasteiger partial charge in [0.1, 0.15) is 6.04 Å². The van der Waals surface area contributed by atoms with E-state index in [4.69, 9.17) is 5.11 Å². The average molecular weight is 354 g/mol. The van der Waals surface area contributed by atoms with Crippen molar-refractivity contribution < 1.29 is 14.7 Å². The van der Waals surface area contributed by atoms with E-state index in [1.807, 2.05) is 32.0 Å². The second kappa shape index (κ2) is 8.62. The third-order valence-corrected chi connectivity index (χ3v) is 3.72. The molecule has 0 saturated carbocycles. The third-order valence-electron chi connectivity index (χ3n) is 3.03. The molecular formula is C16H20BrNO3. The molecule has 1 rings (SSSR count). The highest BCUT2D eigenvalue weighted by Crippen LogP contribution is 2.19. The molecule has 0 bridgehead atoms. The van der Waals surface area contributed by atoms with Gasteiger partial charge in [0, 0.05) is 10.5 Å². The summed E-state index contributed by atoms with van der Waals surface area (Å²) in [6.07, 6.45) is 5.13. The molecule has 1 amide bonds. The zero-order valence-electron chi connectivity index (χ0n) is 12.2. The smallest absolute Gasteiger partial charge is 0.326 e. The van der Waals surface area contributed by atoms with E-state index in [-0.39, 0.29) is 0 Å². The van der Waals surface area contributed by atoms with Gasteiger partial charge in [-0.2, -0.15) is 0 Å². The van der Waals surface area contributed by atoms with Gasteiger partial charge in [-0.05, 0) is 36.6 Å². The van der Waals surface area contributed by atoms with Crippen LogP contribution in [0.15, 0.2) is 28.7 Å². The summed E-state index contributed by atoms with van der Waals surface area (Å²) in [5, 5.41) is 11.6. The van der Waals surface area contributed by atoms with Gasteiger partial charge in [-0.25, -0.2) is 4.79 Å². The molecule has 1 atom stereocenters. The number of carbonyl (C=O) groups is 2. The zero-order chi connectivity index (χ0) is 15.8. The second-order valence-electron chi connectivity index (χ2n) is 4.90. The lowest BCUT2D eigenvalue weighted by Gasteiger charge is -2.12. The Balaban J connectivity index is 2.66. The summed E-state index contributed by atoms with van der Waals surface area (Å²) in [7, 11) is 0. The third kappa shape index (κ3) is 6.12. The predicted molar refractivity (Wildman–Crippen MR) is 87.0 cm³/mol. The highest BCUT2D eigenvalue weighted by atomic mass is 79.9. The average Bonchev–Trinajstić information content (AvgIpc) is 2.42. The molecular weight excluding hydrogens is 334 g/mol. The molecule has 5 heteroatoms. The summed E-state index contributed by atoms with van der Waals surface area (Å²) in [5.41, 5.74) is 1.99. The normalized spacial score (nSPS) is 12.3. The molecule has 21 heavy (non-hydrogen) atoms. The van der Waals surface area contributed by atoms with Gasteiger partial charge in [-0.3, -0.25) is 4.79 Å². The van der Waals surface area contributed by atoms with E-state index in [0.29, 0.717) is 6.42 Å². The van der Waals surface area contributed by atoms with Crippen molar-refractivity contribution >= 4 is 33.9 Å². The summed E-state index contributed by atoms with van der Waals surface area (Å²) >= 11 is 3.43. The summed E-state index contributed by atoms with van der Waals surface area (Å²) in [4.78, 5) is 22.9. The van der Waals surface area contributed by atoms with E-state index in [1.54, 1.807) is 6.08 Å². The summed E-state index contributed by atoms with van der Waals surface area (Å²) in [6.45, 7) is 3.96. The van der Waals surface area contributed by atoms with Crippen LogP contribution in [-0.4, -0.2) is 23.0 Å². The highest BCUT2D eigenvalue weighted by Gasteiger charge is 2.17. The number of hydrogen-bond donors (Lipinski definition) is 2. The van der Waals surface area contributed by atoms with Crippen LogP contribution in [0.1, 0.15) is 37.3 Å². The molecule has 2 N–H and O–H groups in total. The maximum Gasteiger partial charge on any atom is 0.326 e. The lowest BCUT2D eigenvalue weighted by atomic mass is 10.1. The van der Waals surface area contributed by atoms with Crippen LogP contribution in [0.25, 0.3) is 6.08 Å². The van der Waals surface area contributed by atoms with Gasteiger partial charge in [0.2, 0.25) is 5.91 Å². The molecule has 0 aliphatic rings. The standard InChI is InChI=1S/C16H20BrNO3/c1-3-4-5-14(16(20)21)18-15(19)9-8-12-7-6-11(2)10-13(12)17/h6-10,14H,3-5H2,1-2H3,(H,18,19)(H,20,21)/b9-8+/t14-/m0/s1. The minimum atomic E-state index is -0.998. The Labute approximate surface area is 133 Å². The van der Waals surface area contributed by atoms with Crippen molar-refractivity contribution in [3.8, 4) is 0 Å². The van der Waals surface area contributed by atoms with Gasteiger partial charge in [-0.15, -0.1) is 0 Å². The molecule has 0 spiro atoms. The van der Waals surface area contributed by atoms with Crippen molar-refractivity contribution in [3.63, 3.8) is 0 Å². The first-order chi connectivity index (χ1) is 9.93. The topological polar surface area (TPSA) is 66.4 Å². The molecule has 1 aromatic rings. The van der Waals surface area contributed by atoms with Crippen LogP contribution in [-0.2, 0) is 9.59 Å². The number of aryl methyl sites for hydroxylation is 1. The van der Waals surface area contributed by atoms with Crippen LogP contribution >= 0.6 is 15.9 Å². The Kier molecular flexibility index (Phi) is 7.15. The molecule has 1 aromatic carbocycles. The number of nitrogens with one attached hydrogen (secondary N) is 1. The van der Waals surface area contributed by atoms with Crippen LogP contribution in [0.5, 0.6) is 0 Å². The molecule has 0 fully saturated rings. The molecule has 0 saturated heterocycles. The van der Waals surface area contributed by atoms with Gasteiger partial charge in [-0.1, -0.05) is 47.8 Å². The quantitative estimate of drug-likeness (QED) is 0.736. The molecule has 0 aliphatic heterocycles. The van der Waals surface area contributed by atoms with Crippen LogP contribution < -0.4 is 5.32 Å². The Morgan fingerprint density at radius 2 is 2.14 bits per heavy atom. The highest BCUT2D eigenvalue weighted by molar-refractivity contribution is 9.10. The molecule has 0 unspecified atom stereocenters. The number of carboxylic acids is 1. The number of carboxylic acid groups (broad SMARTS) is 1. The molecule has 0 heterocycles. The first-order valence-electron chi connectivity index (χ1n) is 6.91. The number of hydrogen-bond acceptors (Lipinski definition) is 2. The SMILES string of the molecule is CCCC[C@H](NC(=O)/C=C/c1ccc(C)cc1Br)C(=O)O. The minimum Gasteiger partial charge on any atom is -0.480 e. The van der Waals surface area contributed by atoms with Crippen molar-refractivity contribution in [3.05, 3.63) is 39.9 Å². The Morgan fingerprint density at radius 3 is 2.71 bits per heavy atom. The number of amides is 1. The zero-order valence-corrected chi connectivity index (χ0v) is 13.8. The first kappa shape index (κ1) is 17.4. The van der Waals surface area contributed by atoms with Crippen LogP contribution in [0, 0.1) is 6.92 Å². The van der Waals surface area contributed by atoms with E-state index < -0.39 is 17.9 Å². The van der Waals surface area contributed by atoms with Gasteiger partial charge in [0.25, 0.3) is 0 Å². The summed E-state index contributed by atoms with van der Waals surface area (Å²) < 4.78 is 0.896. The van der Waals surface area contributed by atoms with Crippen molar-refractivity contribution in [2.45, 2.75) is 39.2 Å². The van der Waals surface area contributed by atoms with Crippen molar-refractivity contribution in [2.75, 3.05) is 0 Å². The summed E-state index contributed by atoms with van der Waals surface area (Å²) in [6, 6.07) is 4.97. The maximum atomic E-state index is 11.8. The lowest BCUT2D eigenvalue weighted by molar-refractivity contribution is -0.141. The van der Waals surface area contributed by atoms with Crippen molar-refractivity contribution in [1.29, 1.82) is 0 Å². The maximum absolute atomic E-state index is 11.8. The number of benzene rings is 1. The molecule has 0 aliphatic carbocycles. The Morgan fingerprint density at radius 1 is 1.43 bits per heavy atom. The van der Waals surface area contributed by atoms with Crippen molar-refractivity contribution in [1.82, 2.24) is 5.32 Å². The number of halogens is 1. The predicted octanol–water partition coefficient (Wildman–Crippen LogP) is 3.53. The van der Waals surface area contributed by atoms with E-state index in [1.165, 1.54) is 6.08 Å². The minimum absolute atomic E-state index is 0.397.